The molecule has 4 rings (SSSR count). The molecule has 204 valence electrons. The SMILES string of the molecule is COCCOCC1(C(=O)O)CCN(Cc2ccc(-c3noc(-c4ccc(CC(C)C)c(I)c4)n3)cc2)CC1. The Balaban J connectivity index is 1.34. The molecule has 0 unspecified atom stereocenters. The summed E-state index contributed by atoms with van der Waals surface area (Å²) < 4.78 is 17.4. The van der Waals surface area contributed by atoms with Crippen LogP contribution >= 0.6 is 22.6 Å². The molecule has 1 fully saturated rings. The molecule has 0 spiro atoms. The van der Waals surface area contributed by atoms with E-state index in [0.717, 1.165) is 29.7 Å². The Labute approximate surface area is 237 Å². The maximum atomic E-state index is 12.0. The van der Waals surface area contributed by atoms with Gasteiger partial charge in [-0.15, -0.1) is 0 Å². The van der Waals surface area contributed by atoms with E-state index in [1.165, 1.54) is 9.13 Å². The number of ether oxygens (including phenoxy) is 2. The molecule has 0 saturated carbocycles. The first kappa shape index (κ1) is 28.7. The van der Waals surface area contributed by atoms with E-state index in [0.29, 0.717) is 56.8 Å². The summed E-state index contributed by atoms with van der Waals surface area (Å²) in [4.78, 5) is 18.9. The van der Waals surface area contributed by atoms with Crippen LogP contribution in [0.3, 0.4) is 0 Å². The molecule has 2 heterocycles. The molecule has 0 aliphatic carbocycles. The van der Waals surface area contributed by atoms with Crippen LogP contribution in [0.15, 0.2) is 47.0 Å². The van der Waals surface area contributed by atoms with Gasteiger partial charge in [0.25, 0.3) is 5.89 Å². The van der Waals surface area contributed by atoms with Gasteiger partial charge in [0.05, 0.1) is 25.2 Å². The molecule has 0 atom stereocenters. The van der Waals surface area contributed by atoms with Crippen LogP contribution in [0.1, 0.15) is 37.8 Å². The zero-order valence-electron chi connectivity index (χ0n) is 22.3. The predicted octanol–water partition coefficient (Wildman–Crippen LogP) is 5.54. The van der Waals surface area contributed by atoms with Gasteiger partial charge in [0.1, 0.15) is 0 Å². The van der Waals surface area contributed by atoms with Gasteiger partial charge in [0, 0.05) is 28.4 Å². The van der Waals surface area contributed by atoms with Gasteiger partial charge in [-0.25, -0.2) is 0 Å². The van der Waals surface area contributed by atoms with Gasteiger partial charge in [-0.05, 0) is 84.1 Å². The largest absolute Gasteiger partial charge is 0.481 e. The Morgan fingerprint density at radius 1 is 1.13 bits per heavy atom. The first-order chi connectivity index (χ1) is 18.3. The summed E-state index contributed by atoms with van der Waals surface area (Å²) in [6, 6.07) is 14.4. The summed E-state index contributed by atoms with van der Waals surface area (Å²) in [5.41, 5.74) is 3.48. The number of carbonyl (C=O) groups is 1. The number of carboxylic acid groups (broad SMARTS) is 1. The molecule has 9 heteroatoms. The smallest absolute Gasteiger partial charge is 0.312 e. The standard InChI is InChI=1S/C29H36IN3O5/c1-20(2)16-23-8-9-24(17-25(23)30)27-31-26(32-38-27)22-6-4-21(5-7-22)18-33-12-10-29(11-13-33,28(34)35)19-37-15-14-36-3/h4-9,17,20H,10-16,18-19H2,1-3H3,(H,34,35). The van der Waals surface area contributed by atoms with Crippen LogP contribution in [-0.2, 0) is 27.2 Å². The Bertz CT molecular complexity index is 1200. The molecule has 1 N–H and O–H groups in total. The lowest BCUT2D eigenvalue weighted by Gasteiger charge is -2.38. The lowest BCUT2D eigenvalue weighted by Crippen LogP contribution is -2.46. The van der Waals surface area contributed by atoms with E-state index < -0.39 is 11.4 Å². The molecule has 1 aliphatic heterocycles. The lowest BCUT2D eigenvalue weighted by atomic mass is 9.79. The van der Waals surface area contributed by atoms with Crippen molar-refractivity contribution < 1.29 is 23.9 Å². The van der Waals surface area contributed by atoms with E-state index in [1.54, 1.807) is 7.11 Å². The van der Waals surface area contributed by atoms with E-state index in [4.69, 9.17) is 14.0 Å². The number of aromatic nitrogens is 2. The van der Waals surface area contributed by atoms with Gasteiger partial charge in [-0.1, -0.05) is 49.3 Å². The number of likely N-dealkylation sites (tertiary alicyclic amines) is 1. The zero-order valence-corrected chi connectivity index (χ0v) is 24.4. The summed E-state index contributed by atoms with van der Waals surface area (Å²) >= 11 is 2.37. The van der Waals surface area contributed by atoms with Crippen molar-refractivity contribution in [2.45, 2.75) is 39.7 Å². The monoisotopic (exact) mass is 633 g/mol. The van der Waals surface area contributed by atoms with Crippen molar-refractivity contribution >= 4 is 28.6 Å². The molecule has 38 heavy (non-hydrogen) atoms. The van der Waals surface area contributed by atoms with Gasteiger partial charge in [0.15, 0.2) is 0 Å². The number of hydrogen-bond donors (Lipinski definition) is 1. The summed E-state index contributed by atoms with van der Waals surface area (Å²) in [5.74, 6) is 0.899. The van der Waals surface area contributed by atoms with Crippen molar-refractivity contribution in [1.82, 2.24) is 15.0 Å². The van der Waals surface area contributed by atoms with Crippen molar-refractivity contribution in [3.63, 3.8) is 0 Å². The average molecular weight is 634 g/mol. The maximum Gasteiger partial charge on any atom is 0.312 e. The maximum absolute atomic E-state index is 12.0. The highest BCUT2D eigenvalue weighted by molar-refractivity contribution is 14.1. The third-order valence-corrected chi connectivity index (χ3v) is 8.05. The normalized spacial score (nSPS) is 15.7. The second-order valence-electron chi connectivity index (χ2n) is 10.4. The summed E-state index contributed by atoms with van der Waals surface area (Å²) in [7, 11) is 1.61. The van der Waals surface area contributed by atoms with Crippen molar-refractivity contribution in [3.05, 3.63) is 57.2 Å². The number of benzene rings is 2. The number of rotatable bonds is 12. The third kappa shape index (κ3) is 7.19. The first-order valence-corrected chi connectivity index (χ1v) is 14.1. The summed E-state index contributed by atoms with van der Waals surface area (Å²) in [6.07, 6.45) is 2.17. The molecule has 0 bridgehead atoms. The van der Waals surface area contributed by atoms with Crippen molar-refractivity contribution in [1.29, 1.82) is 0 Å². The molecule has 1 aliphatic rings. The molecule has 2 aromatic carbocycles. The minimum atomic E-state index is -0.822. The Morgan fingerprint density at radius 2 is 1.84 bits per heavy atom. The number of nitrogens with zero attached hydrogens (tertiary/aromatic N) is 3. The molecule has 0 amide bonds. The molecular weight excluding hydrogens is 597 g/mol. The van der Waals surface area contributed by atoms with Crippen LogP contribution in [0.2, 0.25) is 0 Å². The number of methoxy groups -OCH3 is 1. The fourth-order valence-electron chi connectivity index (χ4n) is 4.73. The zero-order chi connectivity index (χ0) is 27.1. The number of aliphatic carboxylic acids is 1. The van der Waals surface area contributed by atoms with Crippen LogP contribution < -0.4 is 0 Å². The lowest BCUT2D eigenvalue weighted by molar-refractivity contribution is -0.157. The second-order valence-corrected chi connectivity index (χ2v) is 11.6. The van der Waals surface area contributed by atoms with Crippen molar-refractivity contribution in [2.75, 3.05) is 40.0 Å². The quantitative estimate of drug-likeness (QED) is 0.205. The molecule has 3 aromatic rings. The second kappa shape index (κ2) is 13.1. The highest BCUT2D eigenvalue weighted by atomic mass is 127. The van der Waals surface area contributed by atoms with E-state index in [1.807, 2.05) is 18.2 Å². The average Bonchev–Trinajstić information content (AvgIpc) is 3.39. The van der Waals surface area contributed by atoms with E-state index >= 15 is 0 Å². The van der Waals surface area contributed by atoms with Gasteiger partial charge < -0.3 is 19.1 Å². The summed E-state index contributed by atoms with van der Waals surface area (Å²) in [5, 5.41) is 14.0. The van der Waals surface area contributed by atoms with E-state index in [2.05, 4.69) is 75.7 Å². The topological polar surface area (TPSA) is 97.9 Å². The number of hydrogen-bond acceptors (Lipinski definition) is 7. The molecule has 0 radical (unpaired) electrons. The van der Waals surface area contributed by atoms with Gasteiger partial charge in [-0.3, -0.25) is 9.69 Å². The van der Waals surface area contributed by atoms with Crippen molar-refractivity contribution in [2.24, 2.45) is 11.3 Å². The van der Waals surface area contributed by atoms with Crippen LogP contribution in [0, 0.1) is 14.9 Å². The molecule has 1 aromatic heterocycles. The van der Waals surface area contributed by atoms with Gasteiger partial charge >= 0.3 is 5.97 Å². The van der Waals surface area contributed by atoms with Crippen LogP contribution in [0.25, 0.3) is 22.8 Å². The minimum absolute atomic E-state index is 0.224. The Morgan fingerprint density at radius 3 is 2.47 bits per heavy atom. The highest BCUT2D eigenvalue weighted by Crippen LogP contribution is 2.33. The molecule has 8 nitrogen and oxygen atoms in total. The minimum Gasteiger partial charge on any atom is -0.481 e. The number of piperidine rings is 1. The molecule has 1 saturated heterocycles. The fraction of sp³-hybridized carbons (Fsp3) is 0.483. The Hall–Kier alpha value is -2.34. The fourth-order valence-corrected chi connectivity index (χ4v) is 5.47. The third-order valence-electron chi connectivity index (χ3n) is 7.05. The van der Waals surface area contributed by atoms with Crippen molar-refractivity contribution in [3.8, 4) is 22.8 Å². The van der Waals surface area contributed by atoms with E-state index in [9.17, 15) is 9.90 Å². The summed E-state index contributed by atoms with van der Waals surface area (Å²) in [6.45, 7) is 7.73. The van der Waals surface area contributed by atoms with Crippen LogP contribution in [0.4, 0.5) is 0 Å². The highest BCUT2D eigenvalue weighted by Gasteiger charge is 2.41. The van der Waals surface area contributed by atoms with Gasteiger partial charge in [0.2, 0.25) is 5.82 Å². The predicted molar refractivity (Wildman–Crippen MR) is 154 cm³/mol. The molecular formula is C29H36IN3O5. The first-order valence-electron chi connectivity index (χ1n) is 13.0. The van der Waals surface area contributed by atoms with E-state index in [-0.39, 0.29) is 6.61 Å². The Kier molecular flexibility index (Phi) is 9.91. The number of halogens is 1. The number of carboxylic acids is 1. The van der Waals surface area contributed by atoms with Crippen LogP contribution in [0.5, 0.6) is 0 Å². The van der Waals surface area contributed by atoms with Crippen LogP contribution in [-0.4, -0.2) is 66.1 Å². The van der Waals surface area contributed by atoms with Gasteiger partial charge in [-0.2, -0.15) is 4.98 Å².